The molecule has 2 rings (SSSR count). The molecule has 0 radical (unpaired) electrons. The molecule has 0 aromatic carbocycles. The van der Waals surface area contributed by atoms with Crippen molar-refractivity contribution in [3.05, 3.63) is 41.9 Å². The van der Waals surface area contributed by atoms with E-state index in [4.69, 9.17) is 0 Å². The number of rotatable bonds is 6. The molecule has 3 N–H and O–H groups in total. The van der Waals surface area contributed by atoms with Crippen LogP contribution >= 0.6 is 0 Å². The Morgan fingerprint density at radius 1 is 1.40 bits per heavy atom. The normalized spacial score (nSPS) is 13.3. The molecule has 2 aromatic heterocycles. The number of pyridine rings is 1. The minimum atomic E-state index is -3.65. The monoisotopic (exact) mass is 295 g/mol. The molecule has 0 amide bonds. The summed E-state index contributed by atoms with van der Waals surface area (Å²) in [7, 11) is -1.91. The van der Waals surface area contributed by atoms with Crippen molar-refractivity contribution >= 4 is 10.0 Å². The fourth-order valence-electron chi connectivity index (χ4n) is 1.84. The molecule has 20 heavy (non-hydrogen) atoms. The van der Waals surface area contributed by atoms with Crippen molar-refractivity contribution in [3.8, 4) is 0 Å². The minimum absolute atomic E-state index is 0.0857. The van der Waals surface area contributed by atoms with Gasteiger partial charge in [0.2, 0.25) is 0 Å². The van der Waals surface area contributed by atoms with Crippen LogP contribution in [0.15, 0.2) is 35.7 Å². The second kappa shape index (κ2) is 6.12. The van der Waals surface area contributed by atoms with Gasteiger partial charge in [0.25, 0.3) is 10.0 Å². The van der Waals surface area contributed by atoms with Crippen LogP contribution < -0.4 is 10.0 Å². The molecule has 0 saturated heterocycles. The van der Waals surface area contributed by atoms with Crippen LogP contribution in [-0.4, -0.2) is 30.6 Å². The standard InChI is InChI=1S/C12H17N5O2S/c1-9(10-4-3-5-14-7-10)17-20(18,19)12-11(6-13-2)8-15-16-12/h3-5,7-9,13,17H,6H2,1-2H3,(H,15,16). The van der Waals surface area contributed by atoms with Gasteiger partial charge in [0.05, 0.1) is 6.20 Å². The Hall–Kier alpha value is -1.77. The molecule has 8 heteroatoms. The van der Waals surface area contributed by atoms with Gasteiger partial charge in [-0.05, 0) is 25.6 Å². The lowest BCUT2D eigenvalue weighted by Crippen LogP contribution is -2.28. The molecule has 2 heterocycles. The summed E-state index contributed by atoms with van der Waals surface area (Å²) in [6, 6.07) is 3.21. The Balaban J connectivity index is 2.21. The third-order valence-corrected chi connectivity index (χ3v) is 4.39. The number of sulfonamides is 1. The summed E-state index contributed by atoms with van der Waals surface area (Å²) < 4.78 is 27.3. The zero-order valence-corrected chi connectivity index (χ0v) is 12.1. The molecule has 0 aliphatic rings. The van der Waals surface area contributed by atoms with Gasteiger partial charge in [-0.1, -0.05) is 6.07 Å². The largest absolute Gasteiger partial charge is 0.316 e. The lowest BCUT2D eigenvalue weighted by molar-refractivity contribution is 0.560. The maximum Gasteiger partial charge on any atom is 0.258 e. The highest BCUT2D eigenvalue weighted by Crippen LogP contribution is 2.17. The Morgan fingerprint density at radius 2 is 2.20 bits per heavy atom. The summed E-state index contributed by atoms with van der Waals surface area (Å²) in [6.45, 7) is 2.19. The van der Waals surface area contributed by atoms with E-state index in [1.54, 1.807) is 32.4 Å². The second-order valence-corrected chi connectivity index (χ2v) is 6.03. The molecule has 0 fully saturated rings. The van der Waals surface area contributed by atoms with E-state index in [1.165, 1.54) is 6.20 Å². The third kappa shape index (κ3) is 3.21. The maximum atomic E-state index is 12.3. The Morgan fingerprint density at radius 3 is 2.85 bits per heavy atom. The van der Waals surface area contributed by atoms with Crippen LogP contribution in [0.3, 0.4) is 0 Å². The predicted octanol–water partition coefficient (Wildman–Crippen LogP) is 0.564. The quantitative estimate of drug-likeness (QED) is 0.723. The summed E-state index contributed by atoms with van der Waals surface area (Å²) >= 11 is 0. The summed E-state index contributed by atoms with van der Waals surface area (Å²) in [5, 5.41) is 9.31. The molecule has 1 atom stereocenters. The molecule has 0 aliphatic heterocycles. The van der Waals surface area contributed by atoms with E-state index in [9.17, 15) is 8.42 Å². The molecule has 7 nitrogen and oxygen atoms in total. The highest BCUT2D eigenvalue weighted by molar-refractivity contribution is 7.89. The fourth-order valence-corrected chi connectivity index (χ4v) is 3.20. The maximum absolute atomic E-state index is 12.3. The van der Waals surface area contributed by atoms with Gasteiger partial charge >= 0.3 is 0 Å². The van der Waals surface area contributed by atoms with Crippen LogP contribution in [0.1, 0.15) is 24.1 Å². The molecule has 108 valence electrons. The lowest BCUT2D eigenvalue weighted by Gasteiger charge is -2.14. The topological polar surface area (TPSA) is 99.8 Å². The first-order chi connectivity index (χ1) is 9.54. The Labute approximate surface area is 117 Å². The van der Waals surface area contributed by atoms with Gasteiger partial charge < -0.3 is 5.32 Å². The van der Waals surface area contributed by atoms with Crippen molar-refractivity contribution in [1.82, 2.24) is 25.2 Å². The van der Waals surface area contributed by atoms with Crippen molar-refractivity contribution in [3.63, 3.8) is 0 Å². The predicted molar refractivity (Wildman–Crippen MR) is 74.3 cm³/mol. The fraction of sp³-hybridized carbons (Fsp3) is 0.333. The van der Waals surface area contributed by atoms with Crippen molar-refractivity contribution in [2.45, 2.75) is 24.5 Å². The van der Waals surface area contributed by atoms with Gasteiger partial charge in [-0.15, -0.1) is 0 Å². The number of nitrogens with zero attached hydrogens (tertiary/aromatic N) is 2. The number of hydrogen-bond donors (Lipinski definition) is 3. The molecular weight excluding hydrogens is 278 g/mol. The van der Waals surface area contributed by atoms with Crippen LogP contribution in [-0.2, 0) is 16.6 Å². The van der Waals surface area contributed by atoms with Crippen LogP contribution in [0.4, 0.5) is 0 Å². The molecular formula is C12H17N5O2S. The van der Waals surface area contributed by atoms with Crippen LogP contribution in [0, 0.1) is 0 Å². The lowest BCUT2D eigenvalue weighted by atomic mass is 10.2. The van der Waals surface area contributed by atoms with Crippen molar-refractivity contribution in [2.75, 3.05) is 7.05 Å². The van der Waals surface area contributed by atoms with E-state index in [0.29, 0.717) is 12.1 Å². The number of aromatic nitrogens is 3. The average molecular weight is 295 g/mol. The summed E-state index contributed by atoms with van der Waals surface area (Å²) in [5.74, 6) is 0. The van der Waals surface area contributed by atoms with Gasteiger partial charge in [-0.25, -0.2) is 13.1 Å². The first kappa shape index (κ1) is 14.6. The third-order valence-electron chi connectivity index (χ3n) is 2.83. The summed E-state index contributed by atoms with van der Waals surface area (Å²) in [6.07, 6.45) is 4.78. The van der Waals surface area contributed by atoms with E-state index < -0.39 is 10.0 Å². The van der Waals surface area contributed by atoms with Crippen LogP contribution in [0.5, 0.6) is 0 Å². The molecule has 2 aromatic rings. The highest BCUT2D eigenvalue weighted by Gasteiger charge is 2.23. The zero-order valence-electron chi connectivity index (χ0n) is 11.3. The highest BCUT2D eigenvalue weighted by atomic mass is 32.2. The van der Waals surface area contributed by atoms with E-state index in [1.807, 2.05) is 6.07 Å². The molecule has 0 saturated carbocycles. The second-order valence-electron chi connectivity index (χ2n) is 4.38. The van der Waals surface area contributed by atoms with Crippen LogP contribution in [0.25, 0.3) is 0 Å². The first-order valence-electron chi connectivity index (χ1n) is 6.13. The van der Waals surface area contributed by atoms with Crippen LogP contribution in [0.2, 0.25) is 0 Å². The van der Waals surface area contributed by atoms with E-state index in [-0.39, 0.29) is 11.1 Å². The Kier molecular flexibility index (Phi) is 4.48. The van der Waals surface area contributed by atoms with Gasteiger partial charge in [0.1, 0.15) is 0 Å². The molecule has 0 aliphatic carbocycles. The number of nitrogens with one attached hydrogen (secondary N) is 3. The molecule has 1 unspecified atom stereocenters. The minimum Gasteiger partial charge on any atom is -0.316 e. The van der Waals surface area contributed by atoms with E-state index >= 15 is 0 Å². The number of aromatic amines is 1. The van der Waals surface area contributed by atoms with Gasteiger partial charge in [-0.3, -0.25) is 10.1 Å². The Bertz CT molecular complexity index is 653. The number of H-pyrrole nitrogens is 1. The average Bonchev–Trinajstić information content (AvgIpc) is 2.89. The number of hydrogen-bond acceptors (Lipinski definition) is 5. The van der Waals surface area contributed by atoms with E-state index in [2.05, 4.69) is 25.2 Å². The zero-order chi connectivity index (χ0) is 14.6. The van der Waals surface area contributed by atoms with E-state index in [0.717, 1.165) is 5.56 Å². The van der Waals surface area contributed by atoms with Crippen molar-refractivity contribution < 1.29 is 8.42 Å². The van der Waals surface area contributed by atoms with Crippen molar-refractivity contribution in [2.24, 2.45) is 0 Å². The smallest absolute Gasteiger partial charge is 0.258 e. The first-order valence-corrected chi connectivity index (χ1v) is 7.62. The SMILES string of the molecule is CNCc1cn[nH]c1S(=O)(=O)NC(C)c1cccnc1. The summed E-state index contributed by atoms with van der Waals surface area (Å²) in [4.78, 5) is 3.98. The van der Waals surface area contributed by atoms with Gasteiger partial charge in [0, 0.05) is 30.5 Å². The summed E-state index contributed by atoms with van der Waals surface area (Å²) in [5.41, 5.74) is 1.39. The molecule has 0 spiro atoms. The van der Waals surface area contributed by atoms with Gasteiger partial charge in [-0.2, -0.15) is 5.10 Å². The van der Waals surface area contributed by atoms with Crippen molar-refractivity contribution in [1.29, 1.82) is 0 Å². The molecule has 0 bridgehead atoms. The van der Waals surface area contributed by atoms with Gasteiger partial charge in [0.15, 0.2) is 5.03 Å².